The van der Waals surface area contributed by atoms with Crippen molar-refractivity contribution >= 4 is 21.6 Å². The number of rotatable bonds is 4. The van der Waals surface area contributed by atoms with Gasteiger partial charge in [0.25, 0.3) is 0 Å². The predicted octanol–water partition coefficient (Wildman–Crippen LogP) is 2.80. The van der Waals surface area contributed by atoms with Gasteiger partial charge in [-0.1, -0.05) is 15.9 Å². The van der Waals surface area contributed by atoms with Crippen LogP contribution in [0, 0.1) is 0 Å². The fraction of sp³-hybridized carbons (Fsp3) is 0.250. The van der Waals surface area contributed by atoms with E-state index in [9.17, 15) is 0 Å². The van der Waals surface area contributed by atoms with E-state index in [1.165, 1.54) is 0 Å². The third-order valence-corrected chi connectivity index (χ3v) is 2.88. The quantitative estimate of drug-likeness (QED) is 0.943. The summed E-state index contributed by atoms with van der Waals surface area (Å²) in [5.41, 5.74) is 1.95. The van der Waals surface area contributed by atoms with Crippen molar-refractivity contribution in [2.45, 2.75) is 6.54 Å². The van der Waals surface area contributed by atoms with Crippen LogP contribution in [0.3, 0.4) is 0 Å². The van der Waals surface area contributed by atoms with Crippen LogP contribution in [-0.4, -0.2) is 16.9 Å². The summed E-state index contributed by atoms with van der Waals surface area (Å²) in [7, 11) is 3.57. The summed E-state index contributed by atoms with van der Waals surface area (Å²) < 4.78 is 8.09. The number of aromatic nitrogens is 2. The molecule has 17 heavy (non-hydrogen) atoms. The number of ether oxygens (including phenoxy) is 1. The van der Waals surface area contributed by atoms with Gasteiger partial charge in [0.05, 0.1) is 25.0 Å². The molecule has 0 fully saturated rings. The second kappa shape index (κ2) is 5.23. The maximum absolute atomic E-state index is 5.29. The van der Waals surface area contributed by atoms with Gasteiger partial charge in [-0.25, -0.2) is 0 Å². The van der Waals surface area contributed by atoms with Crippen LogP contribution in [0.25, 0.3) is 0 Å². The van der Waals surface area contributed by atoms with Crippen molar-refractivity contribution < 1.29 is 4.74 Å². The van der Waals surface area contributed by atoms with Crippen molar-refractivity contribution in [3.05, 3.63) is 40.6 Å². The maximum atomic E-state index is 5.29. The Morgan fingerprint density at radius 3 is 2.88 bits per heavy atom. The summed E-state index contributed by atoms with van der Waals surface area (Å²) in [6.45, 7) is 0.674. The number of hydrogen-bond acceptors (Lipinski definition) is 3. The number of nitrogens with zero attached hydrogens (tertiary/aromatic N) is 2. The Labute approximate surface area is 109 Å². The van der Waals surface area contributed by atoms with Gasteiger partial charge in [0, 0.05) is 17.7 Å². The molecule has 1 aromatic heterocycles. The first-order chi connectivity index (χ1) is 8.19. The molecule has 0 aliphatic heterocycles. The molecule has 5 heteroatoms. The number of aryl methyl sites for hydroxylation is 1. The smallest absolute Gasteiger partial charge is 0.142 e. The van der Waals surface area contributed by atoms with Crippen molar-refractivity contribution in [1.82, 2.24) is 9.78 Å². The SMILES string of the molecule is COc1ccc(Br)cc1NCc1ccn(C)n1. The summed E-state index contributed by atoms with van der Waals surface area (Å²) in [5.74, 6) is 0.823. The minimum atomic E-state index is 0.674. The summed E-state index contributed by atoms with van der Waals surface area (Å²) in [6, 6.07) is 7.84. The Balaban J connectivity index is 2.10. The molecule has 0 aliphatic carbocycles. The minimum Gasteiger partial charge on any atom is -0.495 e. The third kappa shape index (κ3) is 3.00. The highest BCUT2D eigenvalue weighted by Gasteiger charge is 2.04. The van der Waals surface area contributed by atoms with Crippen LogP contribution in [0.2, 0.25) is 0 Å². The molecule has 0 bridgehead atoms. The van der Waals surface area contributed by atoms with E-state index in [4.69, 9.17) is 4.74 Å². The van der Waals surface area contributed by atoms with E-state index in [1.807, 2.05) is 37.5 Å². The third-order valence-electron chi connectivity index (χ3n) is 2.39. The maximum Gasteiger partial charge on any atom is 0.142 e. The van der Waals surface area contributed by atoms with E-state index in [2.05, 4.69) is 26.3 Å². The molecule has 2 aromatic rings. The lowest BCUT2D eigenvalue weighted by atomic mass is 10.3. The highest BCUT2D eigenvalue weighted by molar-refractivity contribution is 9.10. The normalized spacial score (nSPS) is 10.3. The topological polar surface area (TPSA) is 39.1 Å². The van der Waals surface area contributed by atoms with E-state index in [0.29, 0.717) is 6.54 Å². The first-order valence-electron chi connectivity index (χ1n) is 5.25. The fourth-order valence-corrected chi connectivity index (χ4v) is 1.92. The lowest BCUT2D eigenvalue weighted by molar-refractivity contribution is 0.416. The van der Waals surface area contributed by atoms with Gasteiger partial charge in [0.15, 0.2) is 0 Å². The number of anilines is 1. The molecule has 1 heterocycles. The lowest BCUT2D eigenvalue weighted by Gasteiger charge is -2.10. The zero-order valence-electron chi connectivity index (χ0n) is 9.77. The second-order valence-electron chi connectivity index (χ2n) is 3.68. The largest absolute Gasteiger partial charge is 0.495 e. The highest BCUT2D eigenvalue weighted by Crippen LogP contribution is 2.28. The number of hydrogen-bond donors (Lipinski definition) is 1. The van der Waals surface area contributed by atoms with Gasteiger partial charge in [0.2, 0.25) is 0 Å². The predicted molar refractivity (Wildman–Crippen MR) is 71.2 cm³/mol. The van der Waals surface area contributed by atoms with Crippen molar-refractivity contribution in [3.8, 4) is 5.75 Å². The standard InChI is InChI=1S/C12H14BrN3O/c1-16-6-5-10(15-16)8-14-11-7-9(13)3-4-12(11)17-2/h3-7,14H,8H2,1-2H3. The van der Waals surface area contributed by atoms with Gasteiger partial charge in [-0.3, -0.25) is 4.68 Å². The summed E-state index contributed by atoms with van der Waals surface area (Å²) in [5, 5.41) is 7.61. The first-order valence-corrected chi connectivity index (χ1v) is 6.04. The molecule has 0 saturated heterocycles. The minimum absolute atomic E-state index is 0.674. The lowest BCUT2D eigenvalue weighted by Crippen LogP contribution is -2.02. The molecule has 1 aromatic carbocycles. The van der Waals surface area contributed by atoms with E-state index in [0.717, 1.165) is 21.6 Å². The number of nitrogens with one attached hydrogen (secondary N) is 1. The summed E-state index contributed by atoms with van der Waals surface area (Å²) in [6.07, 6.45) is 1.93. The Bertz CT molecular complexity index is 510. The average Bonchev–Trinajstić information content (AvgIpc) is 2.73. The number of benzene rings is 1. The van der Waals surface area contributed by atoms with Crippen LogP contribution in [0.5, 0.6) is 5.75 Å². The van der Waals surface area contributed by atoms with Crippen molar-refractivity contribution in [1.29, 1.82) is 0 Å². The van der Waals surface area contributed by atoms with Gasteiger partial charge < -0.3 is 10.1 Å². The Morgan fingerprint density at radius 1 is 1.41 bits per heavy atom. The summed E-state index contributed by atoms with van der Waals surface area (Å²) >= 11 is 3.44. The number of halogens is 1. The van der Waals surface area contributed by atoms with E-state index < -0.39 is 0 Å². The molecule has 4 nitrogen and oxygen atoms in total. The van der Waals surface area contributed by atoms with E-state index in [-0.39, 0.29) is 0 Å². The first kappa shape index (κ1) is 12.0. The monoisotopic (exact) mass is 295 g/mol. The van der Waals surface area contributed by atoms with E-state index in [1.54, 1.807) is 11.8 Å². The highest BCUT2D eigenvalue weighted by atomic mass is 79.9. The van der Waals surface area contributed by atoms with Gasteiger partial charge in [-0.05, 0) is 24.3 Å². The summed E-state index contributed by atoms with van der Waals surface area (Å²) in [4.78, 5) is 0. The van der Waals surface area contributed by atoms with Gasteiger partial charge in [-0.15, -0.1) is 0 Å². The molecular formula is C12H14BrN3O. The molecule has 0 aliphatic rings. The number of methoxy groups -OCH3 is 1. The van der Waals surface area contributed by atoms with Gasteiger partial charge >= 0.3 is 0 Å². The molecule has 0 atom stereocenters. The molecule has 90 valence electrons. The van der Waals surface area contributed by atoms with Crippen LogP contribution in [0.1, 0.15) is 5.69 Å². The zero-order valence-corrected chi connectivity index (χ0v) is 11.4. The average molecular weight is 296 g/mol. The second-order valence-corrected chi connectivity index (χ2v) is 4.59. The van der Waals surface area contributed by atoms with E-state index >= 15 is 0 Å². The van der Waals surface area contributed by atoms with Crippen LogP contribution >= 0.6 is 15.9 Å². The molecule has 1 N–H and O–H groups in total. The van der Waals surface area contributed by atoms with Crippen LogP contribution in [0.15, 0.2) is 34.9 Å². The Kier molecular flexibility index (Phi) is 3.68. The van der Waals surface area contributed by atoms with Gasteiger partial charge in [0.1, 0.15) is 5.75 Å². The fourth-order valence-electron chi connectivity index (χ4n) is 1.56. The van der Waals surface area contributed by atoms with Crippen molar-refractivity contribution in [3.63, 3.8) is 0 Å². The molecule has 0 unspecified atom stereocenters. The van der Waals surface area contributed by atoms with Crippen molar-refractivity contribution in [2.24, 2.45) is 7.05 Å². The molecule has 0 saturated carbocycles. The van der Waals surface area contributed by atoms with Crippen LogP contribution in [0.4, 0.5) is 5.69 Å². The zero-order chi connectivity index (χ0) is 12.3. The Hall–Kier alpha value is -1.49. The molecule has 0 amide bonds. The molecule has 0 spiro atoms. The molecule has 2 rings (SSSR count). The van der Waals surface area contributed by atoms with Crippen LogP contribution < -0.4 is 10.1 Å². The van der Waals surface area contributed by atoms with Gasteiger partial charge in [-0.2, -0.15) is 5.10 Å². The molecule has 0 radical (unpaired) electrons. The van der Waals surface area contributed by atoms with Crippen LogP contribution in [-0.2, 0) is 13.6 Å². The Morgan fingerprint density at radius 2 is 2.24 bits per heavy atom. The van der Waals surface area contributed by atoms with Crippen molar-refractivity contribution in [2.75, 3.05) is 12.4 Å². The molecular weight excluding hydrogens is 282 g/mol.